The number of aromatic nitrogens is 4. The van der Waals surface area contributed by atoms with Crippen LogP contribution in [0.3, 0.4) is 0 Å². The summed E-state index contributed by atoms with van der Waals surface area (Å²) in [7, 11) is 1.97. The number of likely N-dealkylation sites (N-methyl/N-ethyl adjacent to an activating group) is 1. The summed E-state index contributed by atoms with van der Waals surface area (Å²) >= 11 is 1.56. The summed E-state index contributed by atoms with van der Waals surface area (Å²) in [6.45, 7) is 2.97. The zero-order valence-corrected chi connectivity index (χ0v) is 18.3. The van der Waals surface area contributed by atoms with E-state index in [1.54, 1.807) is 16.2 Å². The first kappa shape index (κ1) is 18.9. The van der Waals surface area contributed by atoms with Crippen LogP contribution in [0.15, 0.2) is 52.4 Å². The Morgan fingerprint density at radius 1 is 1.03 bits per heavy atom. The molecule has 6 rings (SSSR count). The summed E-state index contributed by atoms with van der Waals surface area (Å²) in [5.41, 5.74) is 3.73. The number of amides is 1. The molecule has 0 unspecified atom stereocenters. The molecule has 32 heavy (non-hydrogen) atoms. The number of para-hydroxylation sites is 2. The van der Waals surface area contributed by atoms with E-state index in [2.05, 4.69) is 10.1 Å². The van der Waals surface area contributed by atoms with Gasteiger partial charge in [0.15, 0.2) is 11.6 Å². The fourth-order valence-electron chi connectivity index (χ4n) is 4.04. The average molecular weight is 443 g/mol. The number of anilines is 2. The maximum Gasteiger partial charge on any atom is 0.260 e. The van der Waals surface area contributed by atoms with Gasteiger partial charge in [-0.05, 0) is 36.6 Å². The maximum atomic E-state index is 13.9. The van der Waals surface area contributed by atoms with Crippen LogP contribution in [0.5, 0.6) is 0 Å². The van der Waals surface area contributed by atoms with Crippen LogP contribution in [0.2, 0.25) is 0 Å². The third-order valence-electron chi connectivity index (χ3n) is 5.68. The third-order valence-corrected chi connectivity index (χ3v) is 6.57. The lowest BCUT2D eigenvalue weighted by Crippen LogP contribution is -2.44. The van der Waals surface area contributed by atoms with Gasteiger partial charge >= 0.3 is 0 Å². The van der Waals surface area contributed by atoms with Crippen molar-refractivity contribution in [1.29, 1.82) is 0 Å². The van der Waals surface area contributed by atoms with Gasteiger partial charge in [0.2, 0.25) is 0 Å². The molecule has 0 radical (unpaired) electrons. The van der Waals surface area contributed by atoms with Crippen molar-refractivity contribution in [2.24, 2.45) is 0 Å². The standard InChI is InChI=1S/C23H18N6O2S/c1-13-19-14(12-17(18-8-5-11-32-18)26-22(19)31-27-13)23(30)29-10-9-28(2)20-21(29)25-16-7-4-3-6-15(16)24-20/h3-8,11-12H,9-10H2,1-2H3. The minimum Gasteiger partial charge on any atom is -0.355 e. The number of fused-ring (bicyclic) bond motifs is 3. The molecule has 1 aliphatic heterocycles. The zero-order chi connectivity index (χ0) is 21.8. The molecule has 5 aromatic rings. The lowest BCUT2D eigenvalue weighted by atomic mass is 10.1. The number of pyridine rings is 1. The summed E-state index contributed by atoms with van der Waals surface area (Å²) in [5.74, 6) is 1.08. The van der Waals surface area contributed by atoms with Crippen LogP contribution in [0, 0.1) is 6.92 Å². The third kappa shape index (κ3) is 2.85. The molecule has 0 fully saturated rings. The van der Waals surface area contributed by atoms with Gasteiger partial charge in [0.05, 0.1) is 38.2 Å². The molecule has 8 nitrogen and oxygen atoms in total. The fraction of sp³-hybridized carbons (Fsp3) is 0.174. The van der Waals surface area contributed by atoms with Gasteiger partial charge < -0.3 is 9.42 Å². The van der Waals surface area contributed by atoms with Crippen molar-refractivity contribution < 1.29 is 9.32 Å². The van der Waals surface area contributed by atoms with Crippen LogP contribution in [0.25, 0.3) is 32.7 Å². The van der Waals surface area contributed by atoms with Crippen molar-refractivity contribution in [2.75, 3.05) is 29.9 Å². The summed E-state index contributed by atoms with van der Waals surface area (Å²) < 4.78 is 5.45. The zero-order valence-electron chi connectivity index (χ0n) is 17.4. The summed E-state index contributed by atoms with van der Waals surface area (Å²) in [6.07, 6.45) is 0. The molecule has 0 atom stereocenters. The van der Waals surface area contributed by atoms with Crippen LogP contribution in [0.1, 0.15) is 16.1 Å². The SMILES string of the molecule is Cc1noc2nc(-c3cccs3)cc(C(=O)N3CCN(C)c4nc5ccccc5nc43)c12. The molecule has 1 amide bonds. The van der Waals surface area contributed by atoms with Crippen molar-refractivity contribution in [2.45, 2.75) is 6.92 Å². The number of nitrogens with zero attached hydrogens (tertiary/aromatic N) is 6. The first-order valence-corrected chi connectivity index (χ1v) is 11.1. The highest BCUT2D eigenvalue weighted by Crippen LogP contribution is 2.34. The Morgan fingerprint density at radius 2 is 1.81 bits per heavy atom. The van der Waals surface area contributed by atoms with E-state index in [-0.39, 0.29) is 5.91 Å². The van der Waals surface area contributed by atoms with Crippen molar-refractivity contribution in [1.82, 2.24) is 20.1 Å². The van der Waals surface area contributed by atoms with E-state index in [1.807, 2.05) is 66.7 Å². The van der Waals surface area contributed by atoms with E-state index in [1.165, 1.54) is 0 Å². The summed E-state index contributed by atoms with van der Waals surface area (Å²) in [5, 5.41) is 6.67. The van der Waals surface area contributed by atoms with E-state index in [4.69, 9.17) is 14.5 Å². The predicted molar refractivity (Wildman–Crippen MR) is 124 cm³/mol. The monoisotopic (exact) mass is 442 g/mol. The Kier molecular flexibility index (Phi) is 4.19. The van der Waals surface area contributed by atoms with Crippen LogP contribution in [-0.2, 0) is 0 Å². The first-order chi connectivity index (χ1) is 15.6. The number of rotatable bonds is 2. The minimum atomic E-state index is -0.166. The molecular formula is C23H18N6O2S. The second-order valence-corrected chi connectivity index (χ2v) is 8.67. The lowest BCUT2D eigenvalue weighted by molar-refractivity contribution is 0.0987. The van der Waals surface area contributed by atoms with Gasteiger partial charge in [-0.2, -0.15) is 0 Å². The Labute approximate surface area is 187 Å². The highest BCUT2D eigenvalue weighted by atomic mass is 32.1. The van der Waals surface area contributed by atoms with Gasteiger partial charge in [-0.25, -0.2) is 15.0 Å². The molecule has 158 valence electrons. The fourth-order valence-corrected chi connectivity index (χ4v) is 4.72. The van der Waals surface area contributed by atoms with Gasteiger partial charge in [0, 0.05) is 20.1 Å². The van der Waals surface area contributed by atoms with Crippen LogP contribution < -0.4 is 9.80 Å². The second-order valence-electron chi connectivity index (χ2n) is 7.72. The Bertz CT molecular complexity index is 1490. The number of hydrogen-bond donors (Lipinski definition) is 0. The van der Waals surface area contributed by atoms with Crippen LogP contribution in [0.4, 0.5) is 11.6 Å². The van der Waals surface area contributed by atoms with Gasteiger partial charge in [-0.3, -0.25) is 9.69 Å². The number of carbonyl (C=O) groups excluding carboxylic acids is 1. The Morgan fingerprint density at radius 3 is 2.56 bits per heavy atom. The highest BCUT2D eigenvalue weighted by molar-refractivity contribution is 7.13. The predicted octanol–water partition coefficient (Wildman–Crippen LogP) is 4.30. The molecule has 1 aromatic carbocycles. The molecule has 4 aromatic heterocycles. The Hall–Kier alpha value is -3.85. The summed E-state index contributed by atoms with van der Waals surface area (Å²) in [4.78, 5) is 32.8. The Balaban J connectivity index is 1.54. The van der Waals surface area contributed by atoms with E-state index < -0.39 is 0 Å². The number of thiophene rings is 1. The van der Waals surface area contributed by atoms with E-state index in [9.17, 15) is 4.79 Å². The first-order valence-electron chi connectivity index (χ1n) is 10.2. The molecule has 0 saturated carbocycles. The average Bonchev–Trinajstić information content (AvgIpc) is 3.48. The topological polar surface area (TPSA) is 88.3 Å². The number of benzene rings is 1. The highest BCUT2D eigenvalue weighted by Gasteiger charge is 2.31. The number of carbonyl (C=O) groups is 1. The van der Waals surface area contributed by atoms with E-state index in [0.29, 0.717) is 52.8 Å². The van der Waals surface area contributed by atoms with Crippen molar-refractivity contribution >= 4 is 51.0 Å². The molecular weight excluding hydrogens is 424 g/mol. The van der Waals surface area contributed by atoms with Crippen molar-refractivity contribution in [3.8, 4) is 10.6 Å². The largest absolute Gasteiger partial charge is 0.355 e. The maximum absolute atomic E-state index is 13.9. The van der Waals surface area contributed by atoms with Gasteiger partial charge in [0.1, 0.15) is 0 Å². The van der Waals surface area contributed by atoms with Gasteiger partial charge in [-0.15, -0.1) is 11.3 Å². The molecule has 0 bridgehead atoms. The summed E-state index contributed by atoms with van der Waals surface area (Å²) in [6, 6.07) is 13.4. The van der Waals surface area contributed by atoms with Crippen LogP contribution in [-0.4, -0.2) is 46.2 Å². The normalized spacial score (nSPS) is 13.7. The smallest absolute Gasteiger partial charge is 0.260 e. The lowest BCUT2D eigenvalue weighted by Gasteiger charge is -2.33. The molecule has 0 N–H and O–H groups in total. The van der Waals surface area contributed by atoms with E-state index >= 15 is 0 Å². The number of hydrogen-bond acceptors (Lipinski definition) is 8. The second kappa shape index (κ2) is 7.10. The van der Waals surface area contributed by atoms with Crippen molar-refractivity contribution in [3.63, 3.8) is 0 Å². The molecule has 9 heteroatoms. The molecule has 0 spiro atoms. The van der Waals surface area contributed by atoms with E-state index in [0.717, 1.165) is 15.9 Å². The minimum absolute atomic E-state index is 0.166. The number of aryl methyl sites for hydroxylation is 1. The van der Waals surface area contributed by atoms with Crippen LogP contribution >= 0.6 is 11.3 Å². The van der Waals surface area contributed by atoms with Gasteiger partial charge in [-0.1, -0.05) is 23.4 Å². The molecule has 0 aliphatic carbocycles. The quantitative estimate of drug-likeness (QED) is 0.403. The van der Waals surface area contributed by atoms with Gasteiger partial charge in [0.25, 0.3) is 11.6 Å². The molecule has 5 heterocycles. The molecule has 0 saturated heterocycles. The molecule has 1 aliphatic rings. The van der Waals surface area contributed by atoms with Crippen molar-refractivity contribution in [3.05, 3.63) is 59.1 Å².